The van der Waals surface area contributed by atoms with Crippen molar-refractivity contribution in [2.45, 2.75) is 46.2 Å². The molecule has 5 nitrogen and oxygen atoms in total. The largest absolute Gasteiger partial charge is 0.338 e. The van der Waals surface area contributed by atoms with Crippen LogP contribution >= 0.6 is 0 Å². The molecule has 2 aromatic carbocycles. The van der Waals surface area contributed by atoms with Gasteiger partial charge in [0.1, 0.15) is 0 Å². The van der Waals surface area contributed by atoms with Crippen molar-refractivity contribution in [3.63, 3.8) is 0 Å². The van der Waals surface area contributed by atoms with E-state index < -0.39 is 0 Å². The molecule has 2 aromatic rings. The molecule has 2 N–H and O–H groups in total. The van der Waals surface area contributed by atoms with Gasteiger partial charge < -0.3 is 10.3 Å². The Labute approximate surface area is 155 Å². The third-order valence-corrected chi connectivity index (χ3v) is 4.15. The Morgan fingerprint density at radius 1 is 0.962 bits per heavy atom. The molecule has 2 amide bonds. The number of hydrazine groups is 1. The van der Waals surface area contributed by atoms with Gasteiger partial charge in [0.05, 0.1) is 6.42 Å². The van der Waals surface area contributed by atoms with Gasteiger partial charge in [-0.15, -0.1) is 0 Å². The van der Waals surface area contributed by atoms with Crippen molar-refractivity contribution in [2.24, 2.45) is 0 Å². The minimum Gasteiger partial charge on any atom is -0.338 e. The first-order valence-corrected chi connectivity index (χ1v) is 8.84. The Kier molecular flexibility index (Phi) is 6.39. The van der Waals surface area contributed by atoms with E-state index in [2.05, 4.69) is 17.4 Å². The number of carbonyl (C=O) groups is 2. The van der Waals surface area contributed by atoms with Crippen LogP contribution in [0.25, 0.3) is 10.8 Å². The number of carbonyl (C=O) groups excluding carboxylic acids is 2. The van der Waals surface area contributed by atoms with E-state index in [1.165, 1.54) is 0 Å². The van der Waals surface area contributed by atoms with E-state index in [1.807, 2.05) is 64.1 Å². The number of hydrogen-bond donors (Lipinski definition) is 2. The lowest BCUT2D eigenvalue weighted by Gasteiger charge is -2.31. The summed E-state index contributed by atoms with van der Waals surface area (Å²) >= 11 is 0. The normalized spacial score (nSPS) is 10.8. The highest BCUT2D eigenvalue weighted by molar-refractivity contribution is 6.06. The summed E-state index contributed by atoms with van der Waals surface area (Å²) in [6.45, 7) is 11.8. The lowest BCUT2D eigenvalue weighted by Crippen LogP contribution is -2.44. The highest BCUT2D eigenvalue weighted by Gasteiger charge is 2.20. The molecule has 138 valence electrons. The van der Waals surface area contributed by atoms with Crippen LogP contribution in [0, 0.1) is 0 Å². The monoisotopic (exact) mass is 353 g/mol. The summed E-state index contributed by atoms with van der Waals surface area (Å²) < 4.78 is 0. The van der Waals surface area contributed by atoms with Crippen molar-refractivity contribution in [2.75, 3.05) is 0 Å². The van der Waals surface area contributed by atoms with Crippen molar-refractivity contribution >= 4 is 22.6 Å². The quantitative estimate of drug-likeness (QED) is 0.747. The van der Waals surface area contributed by atoms with E-state index in [1.54, 1.807) is 11.0 Å². The van der Waals surface area contributed by atoms with Gasteiger partial charge in [0, 0.05) is 23.3 Å². The lowest BCUT2D eigenvalue weighted by atomic mass is 10.0. The Balaban J connectivity index is 1.98. The standard InChI is InChI=1S/C21H27N3O2/c1-14(2)24(15(3)4)20(25)13-16(5)22-23-21(26)19-12-8-10-17-9-6-7-11-18(17)19/h6-12,14-15,22H,5,13H2,1-4H3,(H,23,26). The number of benzene rings is 2. The highest BCUT2D eigenvalue weighted by Crippen LogP contribution is 2.18. The number of nitrogens with zero attached hydrogens (tertiary/aromatic N) is 1. The fourth-order valence-corrected chi connectivity index (χ4v) is 3.13. The number of fused-ring (bicyclic) bond motifs is 1. The van der Waals surface area contributed by atoms with E-state index in [9.17, 15) is 9.59 Å². The fourth-order valence-electron chi connectivity index (χ4n) is 3.13. The second kappa shape index (κ2) is 8.52. The molecule has 0 unspecified atom stereocenters. The number of hydrogen-bond acceptors (Lipinski definition) is 3. The van der Waals surface area contributed by atoms with E-state index in [4.69, 9.17) is 0 Å². The van der Waals surface area contributed by atoms with Gasteiger partial charge in [-0.3, -0.25) is 15.0 Å². The van der Waals surface area contributed by atoms with Crippen molar-refractivity contribution < 1.29 is 9.59 Å². The molecule has 0 aromatic heterocycles. The van der Waals surface area contributed by atoms with Crippen molar-refractivity contribution in [1.29, 1.82) is 0 Å². The van der Waals surface area contributed by atoms with Crippen LogP contribution in [0.5, 0.6) is 0 Å². The van der Waals surface area contributed by atoms with E-state index in [0.29, 0.717) is 11.3 Å². The zero-order chi connectivity index (χ0) is 19.3. The highest BCUT2D eigenvalue weighted by atomic mass is 16.2. The molecule has 0 atom stereocenters. The Morgan fingerprint density at radius 3 is 2.23 bits per heavy atom. The van der Waals surface area contributed by atoms with Crippen LogP contribution in [0.2, 0.25) is 0 Å². The molecule has 0 radical (unpaired) electrons. The predicted octanol–water partition coefficient (Wildman–Crippen LogP) is 3.62. The molecule has 0 spiro atoms. The SMILES string of the molecule is C=C(CC(=O)N(C(C)C)C(C)C)NNC(=O)c1cccc2ccccc12. The van der Waals surface area contributed by atoms with E-state index in [-0.39, 0.29) is 30.3 Å². The smallest absolute Gasteiger partial charge is 0.270 e. The molecular weight excluding hydrogens is 326 g/mol. The third kappa shape index (κ3) is 4.63. The van der Waals surface area contributed by atoms with Gasteiger partial charge in [-0.1, -0.05) is 43.0 Å². The zero-order valence-corrected chi connectivity index (χ0v) is 15.9. The van der Waals surface area contributed by atoms with Gasteiger partial charge in [-0.2, -0.15) is 0 Å². The average molecular weight is 353 g/mol. The van der Waals surface area contributed by atoms with Crippen LogP contribution in [0.3, 0.4) is 0 Å². The first-order valence-electron chi connectivity index (χ1n) is 8.84. The molecule has 5 heteroatoms. The second-order valence-electron chi connectivity index (χ2n) is 6.87. The summed E-state index contributed by atoms with van der Waals surface area (Å²) in [7, 11) is 0. The van der Waals surface area contributed by atoms with Crippen LogP contribution in [0.1, 0.15) is 44.5 Å². The van der Waals surface area contributed by atoms with E-state index in [0.717, 1.165) is 10.8 Å². The average Bonchev–Trinajstić information content (AvgIpc) is 2.58. The molecule has 26 heavy (non-hydrogen) atoms. The molecule has 2 rings (SSSR count). The van der Waals surface area contributed by atoms with Gasteiger partial charge in [-0.05, 0) is 44.5 Å². The van der Waals surface area contributed by atoms with Gasteiger partial charge in [0.25, 0.3) is 5.91 Å². The van der Waals surface area contributed by atoms with Crippen LogP contribution in [0.15, 0.2) is 54.7 Å². The zero-order valence-electron chi connectivity index (χ0n) is 15.9. The van der Waals surface area contributed by atoms with Crippen LogP contribution in [-0.4, -0.2) is 28.8 Å². The maximum atomic E-state index is 12.5. The summed E-state index contributed by atoms with van der Waals surface area (Å²) in [6.07, 6.45) is 0.131. The van der Waals surface area contributed by atoms with Gasteiger partial charge >= 0.3 is 0 Å². The minimum atomic E-state index is -0.264. The maximum Gasteiger partial charge on any atom is 0.270 e. The Morgan fingerprint density at radius 2 is 1.58 bits per heavy atom. The van der Waals surface area contributed by atoms with Crippen molar-refractivity contribution in [3.05, 3.63) is 60.3 Å². The molecule has 0 aliphatic rings. The first-order chi connectivity index (χ1) is 12.3. The lowest BCUT2D eigenvalue weighted by molar-refractivity contribution is -0.134. The molecule has 0 fully saturated rings. The van der Waals surface area contributed by atoms with Crippen molar-refractivity contribution in [3.8, 4) is 0 Å². The van der Waals surface area contributed by atoms with E-state index >= 15 is 0 Å². The van der Waals surface area contributed by atoms with Crippen LogP contribution in [0.4, 0.5) is 0 Å². The molecule has 0 heterocycles. The minimum absolute atomic E-state index is 0.0214. The predicted molar refractivity (Wildman–Crippen MR) is 105 cm³/mol. The topological polar surface area (TPSA) is 61.4 Å². The first kappa shape index (κ1) is 19.5. The summed E-state index contributed by atoms with van der Waals surface area (Å²) in [5, 5.41) is 1.88. The Bertz CT molecular complexity index is 799. The third-order valence-electron chi connectivity index (χ3n) is 4.15. The summed E-state index contributed by atoms with van der Waals surface area (Å²) in [5.74, 6) is -0.285. The maximum absolute atomic E-state index is 12.5. The van der Waals surface area contributed by atoms with Gasteiger partial charge in [-0.25, -0.2) is 0 Å². The van der Waals surface area contributed by atoms with Gasteiger partial charge in [0.15, 0.2) is 0 Å². The summed E-state index contributed by atoms with van der Waals surface area (Å²) in [6, 6.07) is 13.5. The van der Waals surface area contributed by atoms with Crippen LogP contribution in [-0.2, 0) is 4.79 Å². The molecule has 0 aliphatic carbocycles. The fraction of sp³-hybridized carbons (Fsp3) is 0.333. The molecule has 0 saturated heterocycles. The molecule has 0 bridgehead atoms. The second-order valence-corrected chi connectivity index (χ2v) is 6.87. The molecular formula is C21H27N3O2. The molecule has 0 saturated carbocycles. The summed E-state index contributed by atoms with van der Waals surface area (Å²) in [4.78, 5) is 26.7. The molecule has 0 aliphatic heterocycles. The Hall–Kier alpha value is -2.82. The number of rotatable bonds is 7. The van der Waals surface area contributed by atoms with Crippen LogP contribution < -0.4 is 10.9 Å². The number of amides is 2. The summed E-state index contributed by atoms with van der Waals surface area (Å²) in [5.41, 5.74) is 6.43. The van der Waals surface area contributed by atoms with Crippen molar-refractivity contribution in [1.82, 2.24) is 15.8 Å². The number of nitrogens with one attached hydrogen (secondary N) is 2. The van der Waals surface area contributed by atoms with Gasteiger partial charge in [0.2, 0.25) is 5.91 Å².